The van der Waals surface area contributed by atoms with Gasteiger partial charge in [0.05, 0.1) is 6.42 Å². The minimum Gasteiger partial charge on any atom is -0.339 e. The van der Waals surface area contributed by atoms with Crippen molar-refractivity contribution in [3.05, 3.63) is 77.2 Å². The molecule has 1 aliphatic heterocycles. The number of carbonyl (C=O) groups excluding carboxylic acids is 1. The maximum atomic E-state index is 13.8. The Morgan fingerprint density at radius 2 is 1.96 bits per heavy atom. The van der Waals surface area contributed by atoms with E-state index in [0.717, 1.165) is 12.1 Å². The van der Waals surface area contributed by atoms with Gasteiger partial charge in [0, 0.05) is 24.6 Å². The summed E-state index contributed by atoms with van der Waals surface area (Å²) in [6, 6.07) is 14.5. The molecule has 0 unspecified atom stereocenters. The van der Waals surface area contributed by atoms with E-state index >= 15 is 0 Å². The van der Waals surface area contributed by atoms with Crippen molar-refractivity contribution in [3.8, 4) is 0 Å². The summed E-state index contributed by atoms with van der Waals surface area (Å²) < 4.78 is 19.1. The molecule has 0 bridgehead atoms. The van der Waals surface area contributed by atoms with Gasteiger partial charge in [-0.15, -0.1) is 0 Å². The Hall–Kier alpha value is -3.02. The predicted octanol–water partition coefficient (Wildman–Crippen LogP) is 3.88. The standard InChI is InChI=1S/C21H20FN3O2/c1-2-14-7-9-17(10-8-14)25-13-16(12-20(25)26)21-23-19(27-24-21)11-15-5-3-4-6-18(15)22/h3-10,16H,2,11-13H2,1H3/t16-/m0/s1. The maximum Gasteiger partial charge on any atom is 0.231 e. The number of benzene rings is 2. The average molecular weight is 365 g/mol. The van der Waals surface area contributed by atoms with Gasteiger partial charge in [0.2, 0.25) is 11.8 Å². The second-order valence-corrected chi connectivity index (χ2v) is 6.74. The van der Waals surface area contributed by atoms with Crippen LogP contribution in [0.2, 0.25) is 0 Å². The first kappa shape index (κ1) is 17.4. The van der Waals surface area contributed by atoms with E-state index in [0.29, 0.717) is 30.2 Å². The van der Waals surface area contributed by atoms with Gasteiger partial charge in [-0.2, -0.15) is 4.98 Å². The summed E-state index contributed by atoms with van der Waals surface area (Å²) in [5, 5.41) is 4.03. The lowest BCUT2D eigenvalue weighted by Crippen LogP contribution is -2.24. The van der Waals surface area contributed by atoms with E-state index in [9.17, 15) is 9.18 Å². The molecule has 0 N–H and O–H groups in total. The first-order valence-electron chi connectivity index (χ1n) is 9.09. The summed E-state index contributed by atoms with van der Waals surface area (Å²) in [4.78, 5) is 18.6. The number of aryl methyl sites for hydroxylation is 1. The van der Waals surface area contributed by atoms with Crippen LogP contribution in [0, 0.1) is 5.82 Å². The molecule has 5 nitrogen and oxygen atoms in total. The van der Waals surface area contributed by atoms with Crippen LogP contribution in [0.15, 0.2) is 53.1 Å². The summed E-state index contributed by atoms with van der Waals surface area (Å²) in [5.41, 5.74) is 2.63. The van der Waals surface area contributed by atoms with Gasteiger partial charge in [0.1, 0.15) is 5.82 Å². The molecule has 0 aliphatic carbocycles. The van der Waals surface area contributed by atoms with Crippen molar-refractivity contribution in [1.82, 2.24) is 10.1 Å². The molecule has 0 radical (unpaired) electrons. The van der Waals surface area contributed by atoms with Crippen LogP contribution in [0.25, 0.3) is 0 Å². The van der Waals surface area contributed by atoms with Gasteiger partial charge in [0.25, 0.3) is 0 Å². The van der Waals surface area contributed by atoms with Crippen molar-refractivity contribution in [2.75, 3.05) is 11.4 Å². The van der Waals surface area contributed by atoms with E-state index in [1.54, 1.807) is 23.1 Å². The quantitative estimate of drug-likeness (QED) is 0.688. The molecule has 1 amide bonds. The second-order valence-electron chi connectivity index (χ2n) is 6.74. The molecule has 1 saturated heterocycles. The van der Waals surface area contributed by atoms with E-state index in [1.165, 1.54) is 11.6 Å². The first-order chi connectivity index (χ1) is 13.1. The number of anilines is 1. The smallest absolute Gasteiger partial charge is 0.231 e. The molecule has 0 saturated carbocycles. The van der Waals surface area contributed by atoms with Crippen molar-refractivity contribution in [2.45, 2.75) is 32.1 Å². The van der Waals surface area contributed by atoms with Crippen LogP contribution in [0.3, 0.4) is 0 Å². The number of rotatable bonds is 5. The summed E-state index contributed by atoms with van der Waals surface area (Å²) in [7, 11) is 0. The van der Waals surface area contributed by atoms with E-state index in [4.69, 9.17) is 4.52 Å². The second kappa shape index (κ2) is 7.31. The monoisotopic (exact) mass is 365 g/mol. The third-order valence-electron chi connectivity index (χ3n) is 4.93. The molecule has 1 fully saturated rings. The molecule has 4 rings (SSSR count). The summed E-state index contributed by atoms with van der Waals surface area (Å²) >= 11 is 0. The van der Waals surface area contributed by atoms with E-state index < -0.39 is 0 Å². The molecular weight excluding hydrogens is 345 g/mol. The van der Waals surface area contributed by atoms with Crippen molar-refractivity contribution in [3.63, 3.8) is 0 Å². The molecule has 0 spiro atoms. The highest BCUT2D eigenvalue weighted by Gasteiger charge is 2.34. The van der Waals surface area contributed by atoms with Crippen LogP contribution in [0.5, 0.6) is 0 Å². The summed E-state index contributed by atoms with van der Waals surface area (Å²) in [6.07, 6.45) is 1.54. The van der Waals surface area contributed by atoms with E-state index in [1.807, 2.05) is 24.3 Å². The molecule has 138 valence electrons. The van der Waals surface area contributed by atoms with Gasteiger partial charge >= 0.3 is 0 Å². The zero-order chi connectivity index (χ0) is 18.8. The lowest BCUT2D eigenvalue weighted by atomic mass is 10.1. The number of nitrogens with zero attached hydrogens (tertiary/aromatic N) is 3. The van der Waals surface area contributed by atoms with Gasteiger partial charge in [-0.1, -0.05) is 42.4 Å². The topological polar surface area (TPSA) is 59.2 Å². The molecule has 1 atom stereocenters. The normalized spacial score (nSPS) is 16.9. The maximum absolute atomic E-state index is 13.8. The number of hydrogen-bond donors (Lipinski definition) is 0. The lowest BCUT2D eigenvalue weighted by molar-refractivity contribution is -0.117. The highest BCUT2D eigenvalue weighted by Crippen LogP contribution is 2.30. The Bertz CT molecular complexity index is 952. The predicted molar refractivity (Wildman–Crippen MR) is 99.0 cm³/mol. The minimum absolute atomic E-state index is 0.0460. The number of carbonyl (C=O) groups is 1. The van der Waals surface area contributed by atoms with Gasteiger partial charge in [-0.25, -0.2) is 4.39 Å². The van der Waals surface area contributed by atoms with Crippen molar-refractivity contribution >= 4 is 11.6 Å². The van der Waals surface area contributed by atoms with E-state index in [2.05, 4.69) is 17.1 Å². The highest BCUT2D eigenvalue weighted by atomic mass is 19.1. The minimum atomic E-state index is -0.296. The Morgan fingerprint density at radius 1 is 1.19 bits per heavy atom. The van der Waals surface area contributed by atoms with Gasteiger partial charge in [-0.05, 0) is 35.7 Å². The van der Waals surface area contributed by atoms with Gasteiger partial charge in [0.15, 0.2) is 5.82 Å². The largest absolute Gasteiger partial charge is 0.339 e. The zero-order valence-electron chi connectivity index (χ0n) is 15.1. The van der Waals surface area contributed by atoms with Crippen molar-refractivity contribution < 1.29 is 13.7 Å². The van der Waals surface area contributed by atoms with Crippen LogP contribution in [-0.4, -0.2) is 22.6 Å². The Morgan fingerprint density at radius 3 is 2.70 bits per heavy atom. The van der Waals surface area contributed by atoms with Gasteiger partial charge < -0.3 is 9.42 Å². The Balaban J connectivity index is 1.47. The lowest BCUT2D eigenvalue weighted by Gasteiger charge is -2.16. The zero-order valence-corrected chi connectivity index (χ0v) is 15.1. The van der Waals surface area contributed by atoms with Gasteiger partial charge in [-0.3, -0.25) is 4.79 Å². The van der Waals surface area contributed by atoms with Crippen molar-refractivity contribution in [1.29, 1.82) is 0 Å². The number of hydrogen-bond acceptors (Lipinski definition) is 4. The third kappa shape index (κ3) is 3.60. The van der Waals surface area contributed by atoms with Crippen LogP contribution < -0.4 is 4.90 Å². The fraction of sp³-hybridized carbons (Fsp3) is 0.286. The SMILES string of the molecule is CCc1ccc(N2C[C@@H](c3noc(Cc4ccccc4F)n3)CC2=O)cc1. The average Bonchev–Trinajstić information content (AvgIpc) is 3.30. The molecule has 2 aromatic carbocycles. The molecular formula is C21H20FN3O2. The summed E-state index contributed by atoms with van der Waals surface area (Å²) in [6.45, 7) is 2.62. The molecule has 1 aliphatic rings. The number of halogens is 1. The van der Waals surface area contributed by atoms with Crippen LogP contribution >= 0.6 is 0 Å². The fourth-order valence-corrected chi connectivity index (χ4v) is 3.35. The van der Waals surface area contributed by atoms with Crippen molar-refractivity contribution in [2.24, 2.45) is 0 Å². The van der Waals surface area contributed by atoms with E-state index in [-0.39, 0.29) is 24.1 Å². The fourth-order valence-electron chi connectivity index (χ4n) is 3.35. The molecule has 27 heavy (non-hydrogen) atoms. The van der Waals surface area contributed by atoms with Crippen LogP contribution in [0.4, 0.5) is 10.1 Å². The number of amides is 1. The molecule has 2 heterocycles. The Labute approximate surface area is 156 Å². The van der Waals surface area contributed by atoms with Crippen LogP contribution in [-0.2, 0) is 17.6 Å². The third-order valence-corrected chi connectivity index (χ3v) is 4.93. The molecule has 6 heteroatoms. The van der Waals surface area contributed by atoms with Crippen LogP contribution in [0.1, 0.15) is 42.1 Å². The Kier molecular flexibility index (Phi) is 4.71. The highest BCUT2D eigenvalue weighted by molar-refractivity contribution is 5.96. The molecule has 1 aromatic heterocycles. The first-order valence-corrected chi connectivity index (χ1v) is 9.09. The molecule has 3 aromatic rings. The summed E-state index contributed by atoms with van der Waals surface area (Å²) in [5.74, 6) is 0.483. The number of aromatic nitrogens is 2.